The fourth-order valence-corrected chi connectivity index (χ4v) is 3.16. The Morgan fingerprint density at radius 3 is 2.42 bits per heavy atom. The van der Waals surface area contributed by atoms with Gasteiger partial charge in [-0.3, -0.25) is 0 Å². The first-order chi connectivity index (χ1) is 12.4. The summed E-state index contributed by atoms with van der Waals surface area (Å²) in [6.07, 6.45) is 4.02. The van der Waals surface area contributed by atoms with E-state index < -0.39 is 5.97 Å². The van der Waals surface area contributed by atoms with Gasteiger partial charge in [-0.1, -0.05) is 28.9 Å². The summed E-state index contributed by atoms with van der Waals surface area (Å²) in [6, 6.07) is 9.36. The van der Waals surface area contributed by atoms with Gasteiger partial charge in [0.15, 0.2) is 11.5 Å². The lowest BCUT2D eigenvalue weighted by atomic mass is 10.1. The third-order valence-electron chi connectivity index (χ3n) is 3.69. The number of rotatable bonds is 7. The first-order valence-corrected chi connectivity index (χ1v) is 9.21. The summed E-state index contributed by atoms with van der Waals surface area (Å²) in [4.78, 5) is 12.2. The molecule has 0 bridgehead atoms. The third kappa shape index (κ3) is 5.36. The fourth-order valence-electron chi connectivity index (χ4n) is 2.48. The number of esters is 1. The van der Waals surface area contributed by atoms with Gasteiger partial charge in [-0.15, -0.1) is 0 Å². The van der Waals surface area contributed by atoms with Crippen LogP contribution in [0.15, 0.2) is 40.9 Å². The summed E-state index contributed by atoms with van der Waals surface area (Å²) < 4.78 is 17.4. The zero-order valence-corrected chi connectivity index (χ0v) is 17.1. The van der Waals surface area contributed by atoms with Gasteiger partial charge in [0.05, 0.1) is 13.7 Å². The van der Waals surface area contributed by atoms with Gasteiger partial charge in [0, 0.05) is 10.5 Å². The quantitative estimate of drug-likeness (QED) is 0.339. The molecule has 4 nitrogen and oxygen atoms in total. The average Bonchev–Trinajstić information content (AvgIpc) is 2.61. The number of hydrogen-bond donors (Lipinski definition) is 0. The summed E-state index contributed by atoms with van der Waals surface area (Å²) in [5.41, 5.74) is 2.63. The van der Waals surface area contributed by atoms with Crippen LogP contribution in [0.2, 0.25) is 0 Å². The Labute approximate surface area is 162 Å². The van der Waals surface area contributed by atoms with Crippen molar-refractivity contribution in [3.63, 3.8) is 0 Å². The molecule has 0 aliphatic rings. The van der Waals surface area contributed by atoms with Crippen LogP contribution in [-0.4, -0.2) is 19.7 Å². The van der Waals surface area contributed by atoms with E-state index in [2.05, 4.69) is 15.9 Å². The van der Waals surface area contributed by atoms with E-state index in [1.165, 1.54) is 6.08 Å². The Balaban J connectivity index is 2.10. The van der Waals surface area contributed by atoms with E-state index in [0.29, 0.717) is 23.9 Å². The lowest BCUT2D eigenvalue weighted by Crippen LogP contribution is -2.06. The molecule has 0 spiro atoms. The molecule has 0 amide bonds. The monoisotopic (exact) mass is 418 g/mol. The second-order valence-electron chi connectivity index (χ2n) is 5.88. The van der Waals surface area contributed by atoms with E-state index in [1.54, 1.807) is 13.2 Å². The van der Waals surface area contributed by atoms with Crippen molar-refractivity contribution in [2.75, 3.05) is 13.7 Å². The number of carbonyl (C=O) groups excluding carboxylic acids is 1. The van der Waals surface area contributed by atoms with Gasteiger partial charge in [0.2, 0.25) is 0 Å². The molecule has 0 aromatic heterocycles. The Morgan fingerprint density at radius 1 is 1.12 bits per heavy atom. The minimum Gasteiger partial charge on any atom is -0.493 e. The maximum absolute atomic E-state index is 12.2. The predicted octanol–water partition coefficient (Wildman–Crippen LogP) is 5.48. The van der Waals surface area contributed by atoms with Crippen LogP contribution in [0.4, 0.5) is 0 Å². The van der Waals surface area contributed by atoms with Crippen molar-refractivity contribution < 1.29 is 19.0 Å². The molecule has 5 heteroatoms. The highest BCUT2D eigenvalue weighted by atomic mass is 79.9. The first-order valence-electron chi connectivity index (χ1n) is 8.42. The van der Waals surface area contributed by atoms with Gasteiger partial charge >= 0.3 is 5.97 Å². The first kappa shape index (κ1) is 20.0. The molecular formula is C21H23BrO4. The van der Waals surface area contributed by atoms with E-state index in [0.717, 1.165) is 27.6 Å². The molecule has 0 saturated heterocycles. The topological polar surface area (TPSA) is 44.8 Å². The van der Waals surface area contributed by atoms with Crippen LogP contribution in [-0.2, 0) is 4.79 Å². The number of hydrogen-bond acceptors (Lipinski definition) is 4. The van der Waals surface area contributed by atoms with E-state index in [1.807, 2.05) is 51.1 Å². The van der Waals surface area contributed by atoms with E-state index >= 15 is 0 Å². The number of aryl methyl sites for hydroxylation is 2. The molecule has 2 aromatic carbocycles. The Kier molecular flexibility index (Phi) is 7.27. The molecule has 0 fully saturated rings. The molecule has 2 rings (SSSR count). The maximum atomic E-state index is 12.2. The van der Waals surface area contributed by atoms with Gasteiger partial charge in [0.1, 0.15) is 5.75 Å². The fraction of sp³-hybridized carbons (Fsp3) is 0.286. The minimum atomic E-state index is -0.427. The third-order valence-corrected chi connectivity index (χ3v) is 4.15. The van der Waals surface area contributed by atoms with Crippen LogP contribution in [0.5, 0.6) is 17.2 Å². The minimum absolute atomic E-state index is 0.427. The van der Waals surface area contributed by atoms with Crippen LogP contribution in [0.25, 0.3) is 6.08 Å². The predicted molar refractivity (Wildman–Crippen MR) is 107 cm³/mol. The van der Waals surface area contributed by atoms with Crippen LogP contribution >= 0.6 is 15.9 Å². The maximum Gasteiger partial charge on any atom is 0.336 e. The smallest absolute Gasteiger partial charge is 0.336 e. The normalized spacial score (nSPS) is 10.8. The summed E-state index contributed by atoms with van der Waals surface area (Å²) in [6.45, 7) is 6.49. The number of halogens is 1. The molecule has 0 aliphatic carbocycles. The average molecular weight is 419 g/mol. The largest absolute Gasteiger partial charge is 0.493 e. The van der Waals surface area contributed by atoms with Crippen molar-refractivity contribution in [2.45, 2.75) is 27.2 Å². The van der Waals surface area contributed by atoms with Crippen molar-refractivity contribution in [3.8, 4) is 17.2 Å². The standard InChI is InChI=1S/C21H23BrO4/c1-5-10-25-18-8-6-16(13-19(18)24-4)7-9-20(23)26-21-14(2)11-17(22)12-15(21)3/h6-9,11-13H,5,10H2,1-4H3/b9-7+. The molecule has 0 N–H and O–H groups in total. The van der Waals surface area contributed by atoms with Gasteiger partial charge < -0.3 is 14.2 Å². The molecule has 2 aromatic rings. The van der Waals surface area contributed by atoms with E-state index in [4.69, 9.17) is 14.2 Å². The summed E-state index contributed by atoms with van der Waals surface area (Å²) in [5, 5.41) is 0. The molecule has 0 aliphatic heterocycles. The van der Waals surface area contributed by atoms with Crippen LogP contribution in [0, 0.1) is 13.8 Å². The van der Waals surface area contributed by atoms with E-state index in [-0.39, 0.29) is 0 Å². The van der Waals surface area contributed by atoms with Crippen molar-refractivity contribution in [1.29, 1.82) is 0 Å². The van der Waals surface area contributed by atoms with Crippen LogP contribution in [0.3, 0.4) is 0 Å². The Morgan fingerprint density at radius 2 is 1.81 bits per heavy atom. The highest BCUT2D eigenvalue weighted by molar-refractivity contribution is 9.10. The van der Waals surface area contributed by atoms with E-state index in [9.17, 15) is 4.79 Å². The highest BCUT2D eigenvalue weighted by Crippen LogP contribution is 2.29. The highest BCUT2D eigenvalue weighted by Gasteiger charge is 2.09. The molecule has 0 unspecified atom stereocenters. The van der Waals surface area contributed by atoms with Crippen LogP contribution < -0.4 is 14.2 Å². The van der Waals surface area contributed by atoms with Crippen molar-refractivity contribution in [1.82, 2.24) is 0 Å². The second kappa shape index (κ2) is 9.43. The zero-order valence-electron chi connectivity index (χ0n) is 15.5. The lowest BCUT2D eigenvalue weighted by Gasteiger charge is -2.11. The zero-order chi connectivity index (χ0) is 19.1. The molecule has 26 heavy (non-hydrogen) atoms. The summed E-state index contributed by atoms with van der Waals surface area (Å²) in [5.74, 6) is 1.48. The van der Waals surface area contributed by atoms with Gasteiger partial charge in [0.25, 0.3) is 0 Å². The second-order valence-corrected chi connectivity index (χ2v) is 6.80. The molecule has 0 atom stereocenters. The molecule has 0 saturated carbocycles. The number of ether oxygens (including phenoxy) is 3. The van der Waals surface area contributed by atoms with Crippen molar-refractivity contribution in [2.24, 2.45) is 0 Å². The Hall–Kier alpha value is -2.27. The lowest BCUT2D eigenvalue weighted by molar-refractivity contribution is -0.129. The van der Waals surface area contributed by atoms with Crippen molar-refractivity contribution in [3.05, 3.63) is 57.6 Å². The number of methoxy groups -OCH3 is 1. The molecule has 138 valence electrons. The number of carbonyl (C=O) groups is 1. The molecular weight excluding hydrogens is 396 g/mol. The summed E-state index contributed by atoms with van der Waals surface area (Å²) in [7, 11) is 1.59. The Bertz CT molecular complexity index is 789. The SMILES string of the molecule is CCCOc1ccc(/C=C/C(=O)Oc2c(C)cc(Br)cc2C)cc1OC. The number of benzene rings is 2. The van der Waals surface area contributed by atoms with Gasteiger partial charge in [-0.05, 0) is 67.3 Å². The van der Waals surface area contributed by atoms with Gasteiger partial charge in [-0.25, -0.2) is 4.79 Å². The van der Waals surface area contributed by atoms with Gasteiger partial charge in [-0.2, -0.15) is 0 Å². The summed E-state index contributed by atoms with van der Waals surface area (Å²) >= 11 is 3.43. The molecule has 0 heterocycles. The van der Waals surface area contributed by atoms with Crippen LogP contribution in [0.1, 0.15) is 30.0 Å². The molecule has 0 radical (unpaired) electrons. The van der Waals surface area contributed by atoms with Crippen molar-refractivity contribution >= 4 is 28.0 Å².